The van der Waals surface area contributed by atoms with Gasteiger partial charge in [-0.1, -0.05) is 0 Å². The second-order valence-corrected chi connectivity index (χ2v) is 7.86. The largest absolute Gasteiger partial charge is 0.409 e. The van der Waals surface area contributed by atoms with E-state index in [1.54, 1.807) is 0 Å². The minimum atomic E-state index is -4.98. The van der Waals surface area contributed by atoms with E-state index in [0.717, 1.165) is 22.3 Å². The zero-order valence-electron chi connectivity index (χ0n) is 16.0. The van der Waals surface area contributed by atoms with Gasteiger partial charge in [-0.05, 0) is 19.4 Å². The molecule has 1 N–H and O–H groups in total. The van der Waals surface area contributed by atoms with Crippen LogP contribution in [0.5, 0.6) is 0 Å². The average Bonchev–Trinajstić information content (AvgIpc) is 3.17. The van der Waals surface area contributed by atoms with Crippen LogP contribution >= 0.6 is 11.3 Å². The van der Waals surface area contributed by atoms with Gasteiger partial charge in [-0.3, -0.25) is 14.3 Å². The number of halogens is 6. The van der Waals surface area contributed by atoms with Gasteiger partial charge in [-0.2, -0.15) is 31.4 Å². The summed E-state index contributed by atoms with van der Waals surface area (Å²) in [7, 11) is 0. The van der Waals surface area contributed by atoms with Gasteiger partial charge in [0.25, 0.3) is 5.56 Å². The number of nitrogens with one attached hydrogen (secondary N) is 1. The minimum Gasteiger partial charge on any atom is -0.295 e. The summed E-state index contributed by atoms with van der Waals surface area (Å²) in [4.78, 5) is 39.6. The number of thiophene rings is 1. The summed E-state index contributed by atoms with van der Waals surface area (Å²) >= 11 is 0.752. The molecule has 170 valence electrons. The Morgan fingerprint density at radius 2 is 1.81 bits per heavy atom. The summed E-state index contributed by atoms with van der Waals surface area (Å²) in [6.45, 7) is 0.809. The number of hydrogen-bond donors (Lipinski definition) is 1. The van der Waals surface area contributed by atoms with Crippen LogP contribution in [0.1, 0.15) is 29.8 Å². The Hall–Kier alpha value is -2.84. The van der Waals surface area contributed by atoms with Gasteiger partial charge in [-0.15, -0.1) is 11.3 Å². The fourth-order valence-corrected chi connectivity index (χ4v) is 4.31. The lowest BCUT2D eigenvalue weighted by atomic mass is 10.2. The highest BCUT2D eigenvalue weighted by Crippen LogP contribution is 2.32. The second kappa shape index (κ2) is 7.69. The third-order valence-electron chi connectivity index (χ3n) is 4.73. The lowest BCUT2D eigenvalue weighted by Gasteiger charge is -2.20. The molecule has 1 unspecified atom stereocenters. The quantitative estimate of drug-likeness (QED) is 0.579. The molecular weight excluding hydrogens is 456 g/mol. The molecule has 0 aromatic carbocycles. The average molecular weight is 471 g/mol. The highest BCUT2D eigenvalue weighted by Gasteiger charge is 2.40. The number of H-pyrrole nitrogens is 1. The minimum absolute atomic E-state index is 0.0804. The van der Waals surface area contributed by atoms with Gasteiger partial charge in [-0.25, -0.2) is 18.8 Å². The molecular formula is C16H15F6N5O3S. The molecule has 0 bridgehead atoms. The molecule has 0 aliphatic heterocycles. The van der Waals surface area contributed by atoms with Crippen molar-refractivity contribution in [3.05, 3.63) is 48.1 Å². The molecule has 3 aromatic rings. The van der Waals surface area contributed by atoms with E-state index in [9.17, 15) is 40.7 Å². The summed E-state index contributed by atoms with van der Waals surface area (Å²) in [5.41, 5.74) is -3.20. The van der Waals surface area contributed by atoms with E-state index < -0.39 is 48.3 Å². The van der Waals surface area contributed by atoms with Crippen molar-refractivity contribution in [2.75, 3.05) is 0 Å². The maximum Gasteiger partial charge on any atom is 0.409 e. The van der Waals surface area contributed by atoms with Crippen LogP contribution in [0.4, 0.5) is 26.3 Å². The molecule has 8 nitrogen and oxygen atoms in total. The number of rotatable bonds is 5. The van der Waals surface area contributed by atoms with Crippen LogP contribution in [-0.2, 0) is 13.1 Å². The lowest BCUT2D eigenvalue weighted by Crippen LogP contribution is -2.45. The van der Waals surface area contributed by atoms with Crippen molar-refractivity contribution in [2.24, 2.45) is 0 Å². The molecule has 0 aliphatic rings. The van der Waals surface area contributed by atoms with Crippen molar-refractivity contribution in [3.8, 4) is 0 Å². The third-order valence-corrected chi connectivity index (χ3v) is 6.03. The Morgan fingerprint density at radius 1 is 1.16 bits per heavy atom. The van der Waals surface area contributed by atoms with Gasteiger partial charge in [0.2, 0.25) is 0 Å². The summed E-state index contributed by atoms with van der Waals surface area (Å²) < 4.78 is 79.5. The number of alkyl halides is 6. The zero-order valence-corrected chi connectivity index (χ0v) is 16.8. The van der Waals surface area contributed by atoms with Crippen LogP contribution in [0.25, 0.3) is 10.2 Å². The van der Waals surface area contributed by atoms with Crippen molar-refractivity contribution in [1.29, 1.82) is 0 Å². The maximum atomic E-state index is 13.3. The van der Waals surface area contributed by atoms with Crippen LogP contribution in [0.3, 0.4) is 0 Å². The summed E-state index contributed by atoms with van der Waals surface area (Å²) in [5, 5.41) is 3.43. The summed E-state index contributed by atoms with van der Waals surface area (Å²) in [6, 6.07) is -2.55. The molecule has 0 saturated carbocycles. The fraction of sp³-hybridized carbons (Fsp3) is 0.500. The molecule has 15 heteroatoms. The van der Waals surface area contributed by atoms with E-state index in [-0.39, 0.29) is 26.9 Å². The van der Waals surface area contributed by atoms with Crippen LogP contribution in [0, 0.1) is 6.92 Å². The Kier molecular flexibility index (Phi) is 5.67. The molecule has 3 heterocycles. The number of aryl methyl sites for hydroxylation is 2. The molecule has 0 radical (unpaired) electrons. The van der Waals surface area contributed by atoms with Crippen LogP contribution in [0.2, 0.25) is 0 Å². The maximum absolute atomic E-state index is 13.3. The molecule has 0 amide bonds. The fourth-order valence-electron chi connectivity index (χ4n) is 3.01. The first-order valence-corrected chi connectivity index (χ1v) is 9.55. The van der Waals surface area contributed by atoms with E-state index >= 15 is 0 Å². The van der Waals surface area contributed by atoms with Crippen LogP contribution in [0.15, 0.2) is 20.7 Å². The summed E-state index contributed by atoms with van der Waals surface area (Å²) in [5.74, 6) is 0. The highest BCUT2D eigenvalue weighted by molar-refractivity contribution is 7.18. The summed E-state index contributed by atoms with van der Waals surface area (Å²) in [6.07, 6.45) is -10.0. The van der Waals surface area contributed by atoms with Crippen molar-refractivity contribution in [2.45, 2.75) is 51.8 Å². The van der Waals surface area contributed by atoms with Gasteiger partial charge in [0.1, 0.15) is 17.2 Å². The van der Waals surface area contributed by atoms with E-state index in [2.05, 4.69) is 10.1 Å². The van der Waals surface area contributed by atoms with Gasteiger partial charge in [0, 0.05) is 11.4 Å². The molecule has 3 rings (SSSR count). The van der Waals surface area contributed by atoms with E-state index in [4.69, 9.17) is 0 Å². The monoisotopic (exact) mass is 471 g/mol. The molecule has 0 spiro atoms. The molecule has 31 heavy (non-hydrogen) atoms. The van der Waals surface area contributed by atoms with Crippen LogP contribution in [-0.4, -0.2) is 36.3 Å². The molecule has 0 fully saturated rings. The Labute approximate surface area is 172 Å². The standard InChI is InChI=1S/C16H15F6N5O3S/c1-7-9(5-26-13(29)23-6-24-26)31-12-10(7)11(28)27(8(2)16(20,21)22)14(30)25(12)4-3-15(17,18)19/h6,8H,3-5H2,1-2H3,(H,23,24,29). The number of aromatic amines is 1. The Morgan fingerprint density at radius 3 is 2.32 bits per heavy atom. The topological polar surface area (TPSA) is 94.7 Å². The van der Waals surface area contributed by atoms with Gasteiger partial charge >= 0.3 is 23.7 Å². The first-order chi connectivity index (χ1) is 14.2. The SMILES string of the molecule is Cc1c(Cn2nc[nH]c2=O)sc2c1c(=O)n(C(C)C(F)(F)F)c(=O)n2CCC(F)(F)F. The van der Waals surface area contributed by atoms with Gasteiger partial charge in [0.05, 0.1) is 18.4 Å². The van der Waals surface area contributed by atoms with Crippen molar-refractivity contribution in [1.82, 2.24) is 23.9 Å². The molecule has 0 aliphatic carbocycles. The smallest absolute Gasteiger partial charge is 0.295 e. The highest BCUT2D eigenvalue weighted by atomic mass is 32.1. The second-order valence-electron chi connectivity index (χ2n) is 6.77. The van der Waals surface area contributed by atoms with Crippen LogP contribution < -0.4 is 16.9 Å². The number of nitrogens with zero attached hydrogens (tertiary/aromatic N) is 4. The molecule has 3 aromatic heterocycles. The molecule has 1 atom stereocenters. The van der Waals surface area contributed by atoms with Crippen molar-refractivity contribution >= 4 is 21.6 Å². The number of hydrogen-bond acceptors (Lipinski definition) is 5. The van der Waals surface area contributed by atoms with Crippen molar-refractivity contribution in [3.63, 3.8) is 0 Å². The Bertz CT molecular complexity index is 1290. The van der Waals surface area contributed by atoms with Gasteiger partial charge < -0.3 is 0 Å². The number of aromatic nitrogens is 5. The van der Waals surface area contributed by atoms with E-state index in [0.29, 0.717) is 16.4 Å². The molecule has 0 saturated heterocycles. The van der Waals surface area contributed by atoms with E-state index in [1.807, 2.05) is 0 Å². The Balaban J connectivity index is 2.30. The predicted molar refractivity (Wildman–Crippen MR) is 98.5 cm³/mol. The third kappa shape index (κ3) is 4.31. The van der Waals surface area contributed by atoms with Crippen molar-refractivity contribution < 1.29 is 26.3 Å². The zero-order chi connectivity index (χ0) is 23.3. The predicted octanol–water partition coefficient (Wildman–Crippen LogP) is 2.54. The lowest BCUT2D eigenvalue weighted by molar-refractivity contribution is -0.164. The van der Waals surface area contributed by atoms with E-state index in [1.165, 1.54) is 6.92 Å². The first kappa shape index (κ1) is 22.8. The normalized spacial score (nSPS) is 13.8. The van der Waals surface area contributed by atoms with Gasteiger partial charge in [0.15, 0.2) is 0 Å². The first-order valence-electron chi connectivity index (χ1n) is 8.73. The number of fused-ring (bicyclic) bond motifs is 1.